The minimum absolute atomic E-state index is 0.0296. The predicted molar refractivity (Wildman–Crippen MR) is 79.8 cm³/mol. The van der Waals surface area contributed by atoms with Gasteiger partial charge in [-0.2, -0.15) is 5.10 Å². The SMILES string of the molecule is Cc1c([C@H]2CN(c3ccc(F)cn3)C[C@@H]2C(N)=O)cnn1C. The summed E-state index contributed by atoms with van der Waals surface area (Å²) in [7, 11) is 1.87. The second-order valence-corrected chi connectivity index (χ2v) is 5.66. The Morgan fingerprint density at radius 3 is 2.68 bits per heavy atom. The third-order valence-corrected chi connectivity index (χ3v) is 4.39. The number of hydrogen-bond donors (Lipinski definition) is 1. The van der Waals surface area contributed by atoms with E-state index in [1.54, 1.807) is 16.9 Å². The number of halogens is 1. The number of nitrogens with zero attached hydrogens (tertiary/aromatic N) is 4. The molecule has 0 aromatic carbocycles. The van der Waals surface area contributed by atoms with E-state index in [1.165, 1.54) is 12.3 Å². The summed E-state index contributed by atoms with van der Waals surface area (Å²) >= 11 is 0. The number of pyridine rings is 1. The largest absolute Gasteiger partial charge is 0.369 e. The van der Waals surface area contributed by atoms with Crippen LogP contribution in [0.15, 0.2) is 24.5 Å². The molecule has 116 valence electrons. The van der Waals surface area contributed by atoms with E-state index in [0.29, 0.717) is 18.9 Å². The van der Waals surface area contributed by atoms with E-state index < -0.39 is 0 Å². The molecule has 6 nitrogen and oxygen atoms in total. The van der Waals surface area contributed by atoms with Crippen LogP contribution in [0.5, 0.6) is 0 Å². The summed E-state index contributed by atoms with van der Waals surface area (Å²) in [5.41, 5.74) is 7.62. The highest BCUT2D eigenvalue weighted by atomic mass is 19.1. The molecule has 7 heteroatoms. The first-order chi connectivity index (χ1) is 10.5. The summed E-state index contributed by atoms with van der Waals surface area (Å²) < 4.78 is 14.8. The zero-order valence-electron chi connectivity index (χ0n) is 12.5. The van der Waals surface area contributed by atoms with E-state index in [9.17, 15) is 9.18 Å². The fraction of sp³-hybridized carbons (Fsp3) is 0.400. The van der Waals surface area contributed by atoms with E-state index in [0.717, 1.165) is 11.3 Å². The van der Waals surface area contributed by atoms with Gasteiger partial charge in [0.05, 0.1) is 18.3 Å². The van der Waals surface area contributed by atoms with Gasteiger partial charge in [0.2, 0.25) is 5.91 Å². The molecule has 1 fully saturated rings. The lowest BCUT2D eigenvalue weighted by atomic mass is 9.89. The third kappa shape index (κ3) is 2.43. The molecule has 1 aliphatic heterocycles. The number of carbonyl (C=O) groups excluding carboxylic acids is 1. The van der Waals surface area contributed by atoms with Gasteiger partial charge in [0.15, 0.2) is 0 Å². The zero-order chi connectivity index (χ0) is 15.9. The second-order valence-electron chi connectivity index (χ2n) is 5.66. The van der Waals surface area contributed by atoms with Gasteiger partial charge in [-0.3, -0.25) is 9.48 Å². The Morgan fingerprint density at radius 1 is 1.36 bits per heavy atom. The first kappa shape index (κ1) is 14.5. The van der Waals surface area contributed by atoms with Gasteiger partial charge in [-0.25, -0.2) is 9.37 Å². The van der Waals surface area contributed by atoms with E-state index in [2.05, 4.69) is 10.1 Å². The maximum absolute atomic E-state index is 13.0. The highest BCUT2D eigenvalue weighted by molar-refractivity contribution is 5.79. The van der Waals surface area contributed by atoms with Crippen molar-refractivity contribution in [1.29, 1.82) is 0 Å². The maximum atomic E-state index is 13.0. The molecule has 0 unspecified atom stereocenters. The quantitative estimate of drug-likeness (QED) is 0.916. The zero-order valence-corrected chi connectivity index (χ0v) is 12.5. The molecule has 22 heavy (non-hydrogen) atoms. The van der Waals surface area contributed by atoms with Crippen LogP contribution in [0, 0.1) is 18.7 Å². The minimum Gasteiger partial charge on any atom is -0.369 e. The number of aryl methyl sites for hydroxylation is 1. The highest BCUT2D eigenvalue weighted by Gasteiger charge is 2.39. The number of rotatable bonds is 3. The highest BCUT2D eigenvalue weighted by Crippen LogP contribution is 2.35. The Labute approximate surface area is 127 Å². The van der Waals surface area contributed by atoms with Crippen molar-refractivity contribution < 1.29 is 9.18 Å². The molecule has 2 aromatic heterocycles. The third-order valence-electron chi connectivity index (χ3n) is 4.39. The van der Waals surface area contributed by atoms with Crippen LogP contribution in [0.4, 0.5) is 10.2 Å². The van der Waals surface area contributed by atoms with Crippen LogP contribution in [0.25, 0.3) is 0 Å². The molecule has 1 saturated heterocycles. The van der Waals surface area contributed by atoms with E-state index in [1.807, 2.05) is 18.9 Å². The molecule has 0 aliphatic carbocycles. The molecule has 0 spiro atoms. The van der Waals surface area contributed by atoms with Gasteiger partial charge in [-0.05, 0) is 24.6 Å². The first-order valence-corrected chi connectivity index (χ1v) is 7.11. The molecule has 0 radical (unpaired) electrons. The molecule has 1 amide bonds. The summed E-state index contributed by atoms with van der Waals surface area (Å²) in [5, 5.41) is 4.24. The smallest absolute Gasteiger partial charge is 0.223 e. The topological polar surface area (TPSA) is 77.0 Å². The van der Waals surface area contributed by atoms with Crippen molar-refractivity contribution in [2.75, 3.05) is 18.0 Å². The number of amides is 1. The summed E-state index contributed by atoms with van der Waals surface area (Å²) in [6.07, 6.45) is 2.97. The Hall–Kier alpha value is -2.44. The number of anilines is 1. The van der Waals surface area contributed by atoms with Crippen molar-refractivity contribution in [2.45, 2.75) is 12.8 Å². The first-order valence-electron chi connectivity index (χ1n) is 7.11. The fourth-order valence-electron chi connectivity index (χ4n) is 3.03. The van der Waals surface area contributed by atoms with E-state index in [4.69, 9.17) is 5.73 Å². The summed E-state index contributed by atoms with van der Waals surface area (Å²) in [6.45, 7) is 3.06. The van der Waals surface area contributed by atoms with E-state index >= 15 is 0 Å². The number of nitrogens with two attached hydrogens (primary N) is 1. The lowest BCUT2D eigenvalue weighted by Crippen LogP contribution is -2.29. The van der Waals surface area contributed by atoms with Gasteiger partial charge < -0.3 is 10.6 Å². The summed E-state index contributed by atoms with van der Waals surface area (Å²) in [4.78, 5) is 17.9. The summed E-state index contributed by atoms with van der Waals surface area (Å²) in [6, 6.07) is 2.98. The lowest BCUT2D eigenvalue weighted by molar-refractivity contribution is -0.121. The maximum Gasteiger partial charge on any atom is 0.223 e. The van der Waals surface area contributed by atoms with Crippen LogP contribution in [0.1, 0.15) is 17.2 Å². The van der Waals surface area contributed by atoms with Crippen LogP contribution < -0.4 is 10.6 Å². The Bertz CT molecular complexity index is 696. The molecule has 0 bridgehead atoms. The molecule has 3 heterocycles. The van der Waals surface area contributed by atoms with Crippen molar-refractivity contribution in [3.63, 3.8) is 0 Å². The average molecular weight is 303 g/mol. The minimum atomic E-state index is -0.381. The van der Waals surface area contributed by atoms with Crippen LogP contribution in [-0.4, -0.2) is 33.8 Å². The molecule has 2 atom stereocenters. The van der Waals surface area contributed by atoms with Gasteiger partial charge in [-0.15, -0.1) is 0 Å². The van der Waals surface area contributed by atoms with Crippen molar-refractivity contribution in [1.82, 2.24) is 14.8 Å². The van der Waals surface area contributed by atoms with Gasteiger partial charge in [0.25, 0.3) is 0 Å². The number of carbonyl (C=O) groups is 1. The summed E-state index contributed by atoms with van der Waals surface area (Å²) in [5.74, 6) is -0.406. The average Bonchev–Trinajstić information content (AvgIpc) is 3.05. The monoisotopic (exact) mass is 303 g/mol. The Morgan fingerprint density at radius 2 is 2.14 bits per heavy atom. The van der Waals surface area contributed by atoms with Crippen molar-refractivity contribution >= 4 is 11.7 Å². The molecule has 2 aromatic rings. The van der Waals surface area contributed by atoms with Gasteiger partial charge in [0.1, 0.15) is 11.6 Å². The fourth-order valence-corrected chi connectivity index (χ4v) is 3.03. The van der Waals surface area contributed by atoms with E-state index in [-0.39, 0.29) is 23.6 Å². The Kier molecular flexibility index (Phi) is 3.56. The molecule has 1 aliphatic rings. The number of aromatic nitrogens is 3. The van der Waals surface area contributed by atoms with Crippen molar-refractivity contribution in [2.24, 2.45) is 18.7 Å². The van der Waals surface area contributed by atoms with Crippen molar-refractivity contribution in [3.8, 4) is 0 Å². The van der Waals surface area contributed by atoms with Gasteiger partial charge in [-0.1, -0.05) is 0 Å². The molecule has 2 N–H and O–H groups in total. The molecular formula is C15H18FN5O. The normalized spacial score (nSPS) is 21.3. The molecule has 0 saturated carbocycles. The number of hydrogen-bond acceptors (Lipinski definition) is 4. The second kappa shape index (κ2) is 5.40. The lowest BCUT2D eigenvalue weighted by Gasteiger charge is -2.17. The van der Waals surface area contributed by atoms with Crippen LogP contribution in [0.3, 0.4) is 0 Å². The molecular weight excluding hydrogens is 285 g/mol. The van der Waals surface area contributed by atoms with Gasteiger partial charge in [0, 0.05) is 31.7 Å². The van der Waals surface area contributed by atoms with Crippen LogP contribution >= 0.6 is 0 Å². The van der Waals surface area contributed by atoms with Crippen molar-refractivity contribution in [3.05, 3.63) is 41.6 Å². The molecule has 3 rings (SSSR count). The Balaban J connectivity index is 1.91. The standard InChI is InChI=1S/C15H18FN5O/c1-9-11(6-19-20(9)2)12-7-21(8-13(12)15(17)22)14-4-3-10(16)5-18-14/h3-6,12-13H,7-8H2,1-2H3,(H2,17,22)/t12-,13+/m1/s1. The predicted octanol–water partition coefficient (Wildman–Crippen LogP) is 0.968. The van der Waals surface area contributed by atoms with Gasteiger partial charge >= 0.3 is 0 Å². The number of primary amides is 1. The van der Waals surface area contributed by atoms with Crippen LogP contribution in [0.2, 0.25) is 0 Å². The van der Waals surface area contributed by atoms with Crippen LogP contribution in [-0.2, 0) is 11.8 Å².